The molecule has 0 aromatic rings. The zero-order valence-electron chi connectivity index (χ0n) is 5.18. The second kappa shape index (κ2) is 2.58. The third-order valence-corrected chi connectivity index (χ3v) is 1.94. The molecule has 0 amide bonds. The first-order valence-corrected chi connectivity index (χ1v) is 3.66. The Labute approximate surface area is 56.3 Å². The van der Waals surface area contributed by atoms with Gasteiger partial charge in [0.1, 0.15) is 0 Å². The number of thiocarbonyl (C=S) groups is 1. The molecular formula is C7H11S. The second-order valence-electron chi connectivity index (χ2n) is 2.38. The molecule has 8 heavy (non-hydrogen) atoms. The van der Waals surface area contributed by atoms with Gasteiger partial charge in [0.25, 0.3) is 0 Å². The van der Waals surface area contributed by atoms with Crippen LogP contribution in [-0.4, -0.2) is 5.37 Å². The molecule has 0 spiro atoms. The highest BCUT2D eigenvalue weighted by atomic mass is 32.1. The predicted molar refractivity (Wildman–Crippen MR) is 39.9 cm³/mol. The first-order valence-electron chi connectivity index (χ1n) is 3.19. The molecule has 1 fully saturated rings. The summed E-state index contributed by atoms with van der Waals surface area (Å²) in [6.07, 6.45) is 3.94. The molecule has 0 aliphatic heterocycles. The molecule has 1 aliphatic carbocycles. The molecule has 0 bridgehead atoms. The third kappa shape index (κ3) is 1.28. The average molecular weight is 127 g/mol. The minimum Gasteiger partial charge on any atom is -0.0928 e. The van der Waals surface area contributed by atoms with Crippen LogP contribution in [0.25, 0.3) is 0 Å². The molecule has 1 atom stereocenters. The lowest BCUT2D eigenvalue weighted by atomic mass is 10.2. The van der Waals surface area contributed by atoms with Gasteiger partial charge in [-0.25, -0.2) is 0 Å². The summed E-state index contributed by atoms with van der Waals surface area (Å²) in [6, 6.07) is 0. The highest BCUT2D eigenvalue weighted by Crippen LogP contribution is 2.42. The molecule has 1 saturated carbocycles. The van der Waals surface area contributed by atoms with Gasteiger partial charge in [0.05, 0.1) is 0 Å². The quantitative estimate of drug-likeness (QED) is 0.524. The fourth-order valence-corrected chi connectivity index (χ4v) is 1.29. The molecule has 0 nitrogen and oxygen atoms in total. The van der Waals surface area contributed by atoms with E-state index in [0.29, 0.717) is 0 Å². The first kappa shape index (κ1) is 6.21. The van der Waals surface area contributed by atoms with Gasteiger partial charge < -0.3 is 0 Å². The molecule has 0 N–H and O–H groups in total. The van der Waals surface area contributed by atoms with Gasteiger partial charge >= 0.3 is 0 Å². The maximum Gasteiger partial charge on any atom is 0.0120 e. The van der Waals surface area contributed by atoms with Crippen molar-refractivity contribution in [2.45, 2.75) is 26.2 Å². The largest absolute Gasteiger partial charge is 0.0928 e. The van der Waals surface area contributed by atoms with Crippen molar-refractivity contribution < 1.29 is 0 Å². The zero-order valence-corrected chi connectivity index (χ0v) is 6.00. The lowest BCUT2D eigenvalue weighted by Gasteiger charge is -1.86. The summed E-state index contributed by atoms with van der Waals surface area (Å²) in [5.74, 6) is 2.39. The SMILES string of the molecule is CCCC1C[C]1C=S. The Balaban J connectivity index is 2.07. The van der Waals surface area contributed by atoms with Gasteiger partial charge in [-0.1, -0.05) is 25.6 Å². The molecule has 45 valence electrons. The van der Waals surface area contributed by atoms with E-state index in [2.05, 4.69) is 6.92 Å². The van der Waals surface area contributed by atoms with E-state index in [9.17, 15) is 0 Å². The van der Waals surface area contributed by atoms with E-state index in [4.69, 9.17) is 12.2 Å². The van der Waals surface area contributed by atoms with Crippen LogP contribution >= 0.6 is 12.2 Å². The first-order chi connectivity index (χ1) is 3.88. The highest BCUT2D eigenvalue weighted by molar-refractivity contribution is 7.79. The molecule has 0 aromatic carbocycles. The molecular weight excluding hydrogens is 116 g/mol. The van der Waals surface area contributed by atoms with Crippen molar-refractivity contribution in [1.29, 1.82) is 0 Å². The summed E-state index contributed by atoms with van der Waals surface area (Å²) in [6.45, 7) is 2.22. The van der Waals surface area contributed by atoms with Crippen molar-refractivity contribution in [2.75, 3.05) is 0 Å². The molecule has 1 heteroatoms. The maximum atomic E-state index is 4.77. The lowest BCUT2D eigenvalue weighted by molar-refractivity contribution is 0.722. The Morgan fingerprint density at radius 3 is 3.00 bits per heavy atom. The molecule has 1 aliphatic rings. The summed E-state index contributed by atoms with van der Waals surface area (Å²) in [7, 11) is 0. The van der Waals surface area contributed by atoms with Crippen molar-refractivity contribution in [2.24, 2.45) is 5.92 Å². The van der Waals surface area contributed by atoms with Crippen molar-refractivity contribution in [1.82, 2.24) is 0 Å². The van der Waals surface area contributed by atoms with Gasteiger partial charge in [0.15, 0.2) is 0 Å². The fourth-order valence-electron chi connectivity index (χ4n) is 1.01. The van der Waals surface area contributed by atoms with Gasteiger partial charge in [-0.3, -0.25) is 0 Å². The van der Waals surface area contributed by atoms with Gasteiger partial charge in [-0.2, -0.15) is 0 Å². The average Bonchev–Trinajstić information content (AvgIpc) is 2.48. The van der Waals surface area contributed by atoms with E-state index < -0.39 is 0 Å². The second-order valence-corrected chi connectivity index (χ2v) is 2.62. The Bertz CT molecular complexity index is 88.4. The minimum absolute atomic E-state index is 0.887. The van der Waals surface area contributed by atoms with Crippen LogP contribution in [0.5, 0.6) is 0 Å². The maximum absolute atomic E-state index is 4.77. The van der Waals surface area contributed by atoms with Crippen LogP contribution in [0.15, 0.2) is 0 Å². The topological polar surface area (TPSA) is 0 Å². The van der Waals surface area contributed by atoms with E-state index in [1.54, 1.807) is 0 Å². The fraction of sp³-hybridized carbons (Fsp3) is 0.714. The number of hydrogen-bond acceptors (Lipinski definition) is 1. The van der Waals surface area contributed by atoms with Crippen molar-refractivity contribution in [3.63, 3.8) is 0 Å². The summed E-state index contributed by atoms with van der Waals surface area (Å²) in [4.78, 5) is 0. The van der Waals surface area contributed by atoms with Crippen LogP contribution in [0, 0.1) is 11.8 Å². The monoisotopic (exact) mass is 127 g/mol. The predicted octanol–water partition coefficient (Wildman–Crippen LogP) is 2.38. The Hall–Kier alpha value is 0.0900. The normalized spacial score (nSPS) is 27.9. The van der Waals surface area contributed by atoms with Crippen LogP contribution in [0.2, 0.25) is 0 Å². The number of rotatable bonds is 3. The van der Waals surface area contributed by atoms with Crippen LogP contribution < -0.4 is 0 Å². The standard InChI is InChI=1S/C7H11S/c1-2-3-6-4-7(6)5-8/h5-6H,2-4H2,1H3. The molecule has 1 unspecified atom stereocenters. The lowest BCUT2D eigenvalue weighted by Crippen LogP contribution is -1.77. The summed E-state index contributed by atoms with van der Waals surface area (Å²) < 4.78 is 0. The van der Waals surface area contributed by atoms with E-state index in [0.717, 1.165) is 5.92 Å². The molecule has 1 rings (SSSR count). The Morgan fingerprint density at radius 2 is 2.62 bits per heavy atom. The Kier molecular flexibility index (Phi) is 2.01. The summed E-state index contributed by atoms with van der Waals surface area (Å²) >= 11 is 4.77. The van der Waals surface area contributed by atoms with E-state index in [-0.39, 0.29) is 0 Å². The van der Waals surface area contributed by atoms with Crippen molar-refractivity contribution in [3.8, 4) is 0 Å². The van der Waals surface area contributed by atoms with Crippen LogP contribution in [0.4, 0.5) is 0 Å². The smallest absolute Gasteiger partial charge is 0.0120 e. The molecule has 0 saturated heterocycles. The highest BCUT2D eigenvalue weighted by Gasteiger charge is 2.34. The summed E-state index contributed by atoms with van der Waals surface area (Å²) in [5.41, 5.74) is 0. The van der Waals surface area contributed by atoms with Gasteiger partial charge in [-0.15, -0.1) is 0 Å². The molecule has 1 radical (unpaired) electrons. The van der Waals surface area contributed by atoms with Crippen LogP contribution in [0.1, 0.15) is 26.2 Å². The van der Waals surface area contributed by atoms with E-state index >= 15 is 0 Å². The van der Waals surface area contributed by atoms with Gasteiger partial charge in [-0.05, 0) is 24.1 Å². The molecule has 0 heterocycles. The molecule has 0 aromatic heterocycles. The van der Waals surface area contributed by atoms with E-state index in [1.165, 1.54) is 25.2 Å². The van der Waals surface area contributed by atoms with Crippen LogP contribution in [0.3, 0.4) is 0 Å². The minimum atomic E-state index is 0.887. The van der Waals surface area contributed by atoms with Gasteiger partial charge in [0, 0.05) is 5.92 Å². The van der Waals surface area contributed by atoms with Crippen LogP contribution in [-0.2, 0) is 0 Å². The third-order valence-electron chi connectivity index (χ3n) is 1.63. The van der Waals surface area contributed by atoms with E-state index in [1.807, 2.05) is 5.37 Å². The van der Waals surface area contributed by atoms with Crippen molar-refractivity contribution >= 4 is 17.6 Å². The zero-order chi connectivity index (χ0) is 5.98. The van der Waals surface area contributed by atoms with Gasteiger partial charge in [0.2, 0.25) is 0 Å². The number of hydrogen-bond donors (Lipinski definition) is 0. The summed E-state index contributed by atoms with van der Waals surface area (Å²) in [5, 5.41) is 1.85. The Morgan fingerprint density at radius 1 is 1.88 bits per heavy atom. The van der Waals surface area contributed by atoms with Crippen molar-refractivity contribution in [3.05, 3.63) is 5.92 Å².